The molecule has 1 aromatic heterocycles. The first-order valence-corrected chi connectivity index (χ1v) is 6.58. The summed E-state index contributed by atoms with van der Waals surface area (Å²) in [6.45, 7) is 2.21. The Balaban J connectivity index is 2.20. The van der Waals surface area contributed by atoms with Crippen molar-refractivity contribution in [2.24, 2.45) is 0 Å². The zero-order chi connectivity index (χ0) is 14.7. The Morgan fingerprint density at radius 1 is 1.40 bits per heavy atom. The van der Waals surface area contributed by atoms with Gasteiger partial charge in [0.2, 0.25) is 0 Å². The minimum absolute atomic E-state index is 0.0888. The lowest BCUT2D eigenvalue weighted by Gasteiger charge is -2.19. The molecule has 0 aliphatic rings. The zero-order valence-corrected chi connectivity index (χ0v) is 12.2. The summed E-state index contributed by atoms with van der Waals surface area (Å²) >= 11 is 6.12. The van der Waals surface area contributed by atoms with Crippen LogP contribution in [-0.2, 0) is 6.54 Å². The molecule has 2 rings (SSSR count). The van der Waals surface area contributed by atoms with Crippen molar-refractivity contribution < 1.29 is 4.79 Å². The fourth-order valence-electron chi connectivity index (χ4n) is 1.96. The molecule has 0 radical (unpaired) electrons. The van der Waals surface area contributed by atoms with Gasteiger partial charge in [0.25, 0.3) is 5.91 Å². The number of benzene rings is 1. The third-order valence-corrected chi connectivity index (χ3v) is 3.43. The zero-order valence-electron chi connectivity index (χ0n) is 11.4. The van der Waals surface area contributed by atoms with Crippen molar-refractivity contribution in [2.75, 3.05) is 12.8 Å². The standard InChI is InChI=1S/C15H16ClN3O/c1-10-13(4-3-7-18-10)15(20)19(2)9-11-8-12(17)5-6-14(11)16/h3-8H,9,17H2,1-2H3. The van der Waals surface area contributed by atoms with E-state index in [0.29, 0.717) is 28.5 Å². The van der Waals surface area contributed by atoms with Crippen LogP contribution in [-0.4, -0.2) is 22.8 Å². The van der Waals surface area contributed by atoms with Crippen molar-refractivity contribution in [3.63, 3.8) is 0 Å². The molecule has 0 aliphatic carbocycles. The smallest absolute Gasteiger partial charge is 0.255 e. The van der Waals surface area contributed by atoms with Gasteiger partial charge in [-0.15, -0.1) is 0 Å². The van der Waals surface area contributed by atoms with Crippen LogP contribution in [0.4, 0.5) is 5.69 Å². The summed E-state index contributed by atoms with van der Waals surface area (Å²) < 4.78 is 0. The van der Waals surface area contributed by atoms with Gasteiger partial charge in [0, 0.05) is 36.2 Å². The maximum Gasteiger partial charge on any atom is 0.255 e. The van der Waals surface area contributed by atoms with Gasteiger partial charge in [0.05, 0.1) is 5.56 Å². The lowest BCUT2D eigenvalue weighted by atomic mass is 10.1. The molecule has 104 valence electrons. The number of carbonyl (C=O) groups is 1. The van der Waals surface area contributed by atoms with Gasteiger partial charge in [-0.2, -0.15) is 0 Å². The molecule has 4 nitrogen and oxygen atoms in total. The number of hydrogen-bond donors (Lipinski definition) is 1. The van der Waals surface area contributed by atoms with E-state index in [1.54, 1.807) is 48.5 Å². The highest BCUT2D eigenvalue weighted by molar-refractivity contribution is 6.31. The molecule has 20 heavy (non-hydrogen) atoms. The molecule has 2 N–H and O–H groups in total. The Labute approximate surface area is 123 Å². The summed E-state index contributed by atoms with van der Waals surface area (Å²) in [4.78, 5) is 18.1. The van der Waals surface area contributed by atoms with Crippen LogP contribution in [0.3, 0.4) is 0 Å². The van der Waals surface area contributed by atoms with E-state index >= 15 is 0 Å². The Hall–Kier alpha value is -2.07. The Kier molecular flexibility index (Phi) is 4.25. The summed E-state index contributed by atoms with van der Waals surface area (Å²) in [5.41, 5.74) is 8.50. The highest BCUT2D eigenvalue weighted by atomic mass is 35.5. The number of anilines is 1. The molecule has 0 saturated carbocycles. The van der Waals surface area contributed by atoms with E-state index in [1.807, 2.05) is 6.92 Å². The largest absolute Gasteiger partial charge is 0.399 e. The maximum atomic E-state index is 12.4. The molecule has 0 atom stereocenters. The van der Waals surface area contributed by atoms with E-state index in [2.05, 4.69) is 4.98 Å². The second-order valence-electron chi connectivity index (χ2n) is 4.65. The van der Waals surface area contributed by atoms with Gasteiger partial charge >= 0.3 is 0 Å². The Bertz CT molecular complexity index is 643. The molecule has 1 amide bonds. The number of aryl methyl sites for hydroxylation is 1. The van der Waals surface area contributed by atoms with E-state index in [-0.39, 0.29) is 5.91 Å². The van der Waals surface area contributed by atoms with Crippen LogP contribution in [0.25, 0.3) is 0 Å². The predicted octanol–water partition coefficient (Wildman–Crippen LogP) is 2.90. The number of nitrogens with two attached hydrogens (primary N) is 1. The lowest BCUT2D eigenvalue weighted by Crippen LogP contribution is -2.27. The van der Waals surface area contributed by atoms with Crippen LogP contribution in [0.1, 0.15) is 21.6 Å². The number of nitrogens with zero attached hydrogens (tertiary/aromatic N) is 2. The molecule has 0 fully saturated rings. The number of amides is 1. The second kappa shape index (κ2) is 5.92. The van der Waals surface area contributed by atoms with Crippen LogP contribution >= 0.6 is 11.6 Å². The molecule has 1 heterocycles. The van der Waals surface area contributed by atoms with Gasteiger partial charge < -0.3 is 10.6 Å². The normalized spacial score (nSPS) is 10.3. The molecule has 0 aliphatic heterocycles. The van der Waals surface area contributed by atoms with Crippen LogP contribution < -0.4 is 5.73 Å². The van der Waals surface area contributed by atoms with Gasteiger partial charge in [0.15, 0.2) is 0 Å². The average Bonchev–Trinajstić information content (AvgIpc) is 2.42. The Morgan fingerprint density at radius 3 is 2.85 bits per heavy atom. The lowest BCUT2D eigenvalue weighted by molar-refractivity contribution is 0.0784. The number of carbonyl (C=O) groups excluding carboxylic acids is 1. The van der Waals surface area contributed by atoms with E-state index < -0.39 is 0 Å². The molecule has 0 saturated heterocycles. The minimum atomic E-state index is -0.0888. The first-order chi connectivity index (χ1) is 9.49. The summed E-state index contributed by atoms with van der Waals surface area (Å²) in [5, 5.41) is 0.599. The number of halogens is 1. The maximum absolute atomic E-state index is 12.4. The summed E-state index contributed by atoms with van der Waals surface area (Å²) in [5.74, 6) is -0.0888. The first kappa shape index (κ1) is 14.3. The number of rotatable bonds is 3. The highest BCUT2D eigenvalue weighted by Gasteiger charge is 2.15. The summed E-state index contributed by atoms with van der Waals surface area (Å²) in [6, 6.07) is 8.77. The second-order valence-corrected chi connectivity index (χ2v) is 5.06. The molecule has 2 aromatic rings. The summed E-state index contributed by atoms with van der Waals surface area (Å²) in [7, 11) is 1.73. The van der Waals surface area contributed by atoms with Gasteiger partial charge in [0.1, 0.15) is 0 Å². The van der Waals surface area contributed by atoms with Crippen molar-refractivity contribution in [1.82, 2.24) is 9.88 Å². The van der Waals surface area contributed by atoms with Crippen molar-refractivity contribution in [3.05, 3.63) is 58.4 Å². The molecular formula is C15H16ClN3O. The average molecular weight is 290 g/mol. The molecule has 0 spiro atoms. The molecule has 0 unspecified atom stereocenters. The SMILES string of the molecule is Cc1ncccc1C(=O)N(C)Cc1cc(N)ccc1Cl. The Morgan fingerprint density at radius 2 is 2.15 bits per heavy atom. The van der Waals surface area contributed by atoms with Crippen LogP contribution in [0, 0.1) is 6.92 Å². The van der Waals surface area contributed by atoms with Crippen molar-refractivity contribution in [3.8, 4) is 0 Å². The molecule has 5 heteroatoms. The minimum Gasteiger partial charge on any atom is -0.399 e. The van der Waals surface area contributed by atoms with E-state index in [1.165, 1.54) is 0 Å². The topological polar surface area (TPSA) is 59.2 Å². The van der Waals surface area contributed by atoms with Gasteiger partial charge in [-0.3, -0.25) is 9.78 Å². The third kappa shape index (κ3) is 3.08. The van der Waals surface area contributed by atoms with Crippen molar-refractivity contribution >= 4 is 23.2 Å². The predicted molar refractivity (Wildman–Crippen MR) is 80.6 cm³/mol. The fourth-order valence-corrected chi connectivity index (χ4v) is 2.14. The van der Waals surface area contributed by atoms with E-state index in [9.17, 15) is 4.79 Å². The summed E-state index contributed by atoms with van der Waals surface area (Å²) in [6.07, 6.45) is 1.67. The fraction of sp³-hybridized carbons (Fsp3) is 0.200. The van der Waals surface area contributed by atoms with Crippen LogP contribution in [0.2, 0.25) is 5.02 Å². The third-order valence-electron chi connectivity index (χ3n) is 3.06. The van der Waals surface area contributed by atoms with E-state index in [4.69, 9.17) is 17.3 Å². The number of nitrogen functional groups attached to an aromatic ring is 1. The number of pyridine rings is 1. The van der Waals surface area contributed by atoms with Crippen LogP contribution in [0.5, 0.6) is 0 Å². The van der Waals surface area contributed by atoms with Gasteiger partial charge in [-0.25, -0.2) is 0 Å². The molecule has 0 bridgehead atoms. The monoisotopic (exact) mass is 289 g/mol. The van der Waals surface area contributed by atoms with Crippen LogP contribution in [0.15, 0.2) is 36.5 Å². The first-order valence-electron chi connectivity index (χ1n) is 6.20. The molecular weight excluding hydrogens is 274 g/mol. The highest BCUT2D eigenvalue weighted by Crippen LogP contribution is 2.21. The van der Waals surface area contributed by atoms with Crippen molar-refractivity contribution in [1.29, 1.82) is 0 Å². The number of aromatic nitrogens is 1. The quantitative estimate of drug-likeness (QED) is 0.884. The molecule has 1 aromatic carbocycles. The number of hydrogen-bond acceptors (Lipinski definition) is 3. The van der Waals surface area contributed by atoms with E-state index in [0.717, 1.165) is 5.56 Å². The van der Waals surface area contributed by atoms with Gasteiger partial charge in [-0.05, 0) is 42.8 Å². The van der Waals surface area contributed by atoms with Crippen molar-refractivity contribution in [2.45, 2.75) is 13.5 Å². The van der Waals surface area contributed by atoms with Gasteiger partial charge in [-0.1, -0.05) is 11.6 Å².